The second kappa shape index (κ2) is 9.59. The van der Waals surface area contributed by atoms with Crippen molar-refractivity contribution >= 4 is 39.2 Å². The molecular formula is C21H23ClN2O5S. The minimum absolute atomic E-state index is 0.0678. The van der Waals surface area contributed by atoms with Crippen LogP contribution < -0.4 is 5.32 Å². The lowest BCUT2D eigenvalue weighted by molar-refractivity contribution is -0.120. The molecule has 160 valence electrons. The SMILES string of the molecule is CCOC(=O)c1ccccc1NC(=O)[C@H]1CCCN(S(=O)(=O)c2ccc(Cl)cc2)C1. The highest BCUT2D eigenvalue weighted by Crippen LogP contribution is 2.26. The summed E-state index contributed by atoms with van der Waals surface area (Å²) in [5.74, 6) is -1.39. The van der Waals surface area contributed by atoms with E-state index in [1.54, 1.807) is 31.2 Å². The third-order valence-electron chi connectivity index (χ3n) is 4.89. The quantitative estimate of drug-likeness (QED) is 0.679. The van der Waals surface area contributed by atoms with Gasteiger partial charge in [0.2, 0.25) is 15.9 Å². The molecule has 7 nitrogen and oxygen atoms in total. The molecule has 9 heteroatoms. The largest absolute Gasteiger partial charge is 0.462 e. The van der Waals surface area contributed by atoms with Crippen LogP contribution in [0.15, 0.2) is 53.4 Å². The number of nitrogens with one attached hydrogen (secondary N) is 1. The lowest BCUT2D eigenvalue weighted by atomic mass is 9.98. The number of amides is 1. The summed E-state index contributed by atoms with van der Waals surface area (Å²) in [5.41, 5.74) is 0.604. The van der Waals surface area contributed by atoms with Crippen LogP contribution in [0.2, 0.25) is 5.02 Å². The molecule has 1 fully saturated rings. The van der Waals surface area contributed by atoms with Crippen LogP contribution in [0.25, 0.3) is 0 Å². The van der Waals surface area contributed by atoms with Gasteiger partial charge in [-0.05, 0) is 56.2 Å². The van der Waals surface area contributed by atoms with E-state index in [0.717, 1.165) is 0 Å². The van der Waals surface area contributed by atoms with Gasteiger partial charge in [0.05, 0.1) is 28.7 Å². The van der Waals surface area contributed by atoms with E-state index in [1.807, 2.05) is 0 Å². The molecule has 2 aromatic carbocycles. The molecule has 30 heavy (non-hydrogen) atoms. The van der Waals surface area contributed by atoms with Crippen LogP contribution in [0.1, 0.15) is 30.1 Å². The molecule has 0 unspecified atom stereocenters. The number of para-hydroxylation sites is 1. The number of carbonyl (C=O) groups is 2. The van der Waals surface area contributed by atoms with Crippen LogP contribution in [0.5, 0.6) is 0 Å². The number of halogens is 1. The zero-order chi connectivity index (χ0) is 21.7. The van der Waals surface area contributed by atoms with Gasteiger partial charge in [0, 0.05) is 18.1 Å². The van der Waals surface area contributed by atoms with E-state index in [0.29, 0.717) is 30.1 Å². The number of anilines is 1. The molecule has 0 saturated carbocycles. The number of carbonyl (C=O) groups excluding carboxylic acids is 2. The molecular weight excluding hydrogens is 428 g/mol. The Morgan fingerprint density at radius 2 is 1.87 bits per heavy atom. The van der Waals surface area contributed by atoms with Gasteiger partial charge in [0.15, 0.2) is 0 Å². The first kappa shape index (κ1) is 22.3. The number of rotatable bonds is 6. The fraction of sp³-hybridized carbons (Fsp3) is 0.333. The normalized spacial score (nSPS) is 17.3. The Hall–Kier alpha value is -2.42. The van der Waals surface area contributed by atoms with Gasteiger partial charge >= 0.3 is 5.97 Å². The highest BCUT2D eigenvalue weighted by Gasteiger charge is 2.33. The maximum Gasteiger partial charge on any atom is 0.340 e. The molecule has 1 saturated heterocycles. The standard InChI is InChI=1S/C21H23ClN2O5S/c1-2-29-21(26)18-7-3-4-8-19(18)23-20(25)15-6-5-13-24(14-15)30(27,28)17-11-9-16(22)10-12-17/h3-4,7-12,15H,2,5-6,13-14H2,1H3,(H,23,25)/t15-/m0/s1. The van der Waals surface area contributed by atoms with Crippen molar-refractivity contribution in [2.45, 2.75) is 24.7 Å². The minimum atomic E-state index is -3.73. The number of nitrogens with zero attached hydrogens (tertiary/aromatic N) is 1. The fourth-order valence-corrected chi connectivity index (χ4v) is 4.99. The van der Waals surface area contributed by atoms with E-state index in [2.05, 4.69) is 5.32 Å². The van der Waals surface area contributed by atoms with Crippen molar-refractivity contribution in [3.63, 3.8) is 0 Å². The lowest BCUT2D eigenvalue weighted by Gasteiger charge is -2.31. The second-order valence-electron chi connectivity index (χ2n) is 6.91. The lowest BCUT2D eigenvalue weighted by Crippen LogP contribution is -2.43. The molecule has 0 aliphatic carbocycles. The number of piperidine rings is 1. The van der Waals surface area contributed by atoms with Gasteiger partial charge in [-0.3, -0.25) is 4.79 Å². The van der Waals surface area contributed by atoms with E-state index in [9.17, 15) is 18.0 Å². The smallest absolute Gasteiger partial charge is 0.340 e. The first-order chi connectivity index (χ1) is 14.3. The van der Waals surface area contributed by atoms with Gasteiger partial charge < -0.3 is 10.1 Å². The molecule has 0 spiro atoms. The highest BCUT2D eigenvalue weighted by atomic mass is 35.5. The van der Waals surface area contributed by atoms with Gasteiger partial charge in [-0.1, -0.05) is 23.7 Å². The monoisotopic (exact) mass is 450 g/mol. The molecule has 1 aliphatic rings. The van der Waals surface area contributed by atoms with Gasteiger partial charge in [-0.15, -0.1) is 0 Å². The molecule has 0 bridgehead atoms. The van der Waals surface area contributed by atoms with E-state index in [1.165, 1.54) is 28.6 Å². The summed E-state index contributed by atoms with van der Waals surface area (Å²) in [6, 6.07) is 12.5. The number of sulfonamides is 1. The molecule has 0 aromatic heterocycles. The third-order valence-corrected chi connectivity index (χ3v) is 7.02. The van der Waals surface area contributed by atoms with Crippen LogP contribution in [0.4, 0.5) is 5.69 Å². The zero-order valence-corrected chi connectivity index (χ0v) is 18.1. The van der Waals surface area contributed by atoms with E-state index in [-0.39, 0.29) is 29.5 Å². The Kier molecular flexibility index (Phi) is 7.12. The Labute approximate surface area is 181 Å². The van der Waals surface area contributed by atoms with Gasteiger partial charge in [-0.25, -0.2) is 13.2 Å². The predicted molar refractivity (Wildman–Crippen MR) is 114 cm³/mol. The number of hydrogen-bond acceptors (Lipinski definition) is 5. The summed E-state index contributed by atoms with van der Waals surface area (Å²) in [7, 11) is -3.73. The third kappa shape index (κ3) is 5.00. The van der Waals surface area contributed by atoms with Gasteiger partial charge in [-0.2, -0.15) is 4.31 Å². The summed E-state index contributed by atoms with van der Waals surface area (Å²) in [4.78, 5) is 25.1. The fourth-order valence-electron chi connectivity index (χ4n) is 3.34. The maximum atomic E-state index is 12.9. The topological polar surface area (TPSA) is 92.8 Å². The van der Waals surface area contributed by atoms with Gasteiger partial charge in [0.1, 0.15) is 0 Å². The number of hydrogen-bond donors (Lipinski definition) is 1. The van der Waals surface area contributed by atoms with Crippen molar-refractivity contribution in [2.75, 3.05) is 25.0 Å². The molecule has 1 heterocycles. The van der Waals surface area contributed by atoms with E-state index in [4.69, 9.17) is 16.3 Å². The van der Waals surface area contributed by atoms with Gasteiger partial charge in [0.25, 0.3) is 0 Å². The first-order valence-corrected chi connectivity index (χ1v) is 11.5. The van der Waals surface area contributed by atoms with Crippen LogP contribution in [0, 0.1) is 5.92 Å². The summed E-state index contributed by atoms with van der Waals surface area (Å²) >= 11 is 5.85. The number of ether oxygens (including phenoxy) is 1. The van der Waals surface area contributed by atoms with Crippen molar-refractivity contribution in [1.29, 1.82) is 0 Å². The molecule has 1 atom stereocenters. The van der Waals surface area contributed by atoms with E-state index < -0.39 is 21.9 Å². The molecule has 0 radical (unpaired) electrons. The van der Waals surface area contributed by atoms with E-state index >= 15 is 0 Å². The summed E-state index contributed by atoms with van der Waals surface area (Å²) in [6.45, 7) is 2.34. The average Bonchev–Trinajstić information content (AvgIpc) is 2.74. The van der Waals surface area contributed by atoms with Crippen molar-refractivity contribution in [1.82, 2.24) is 4.31 Å². The first-order valence-electron chi connectivity index (χ1n) is 9.65. The molecule has 3 rings (SSSR count). The maximum absolute atomic E-state index is 12.9. The van der Waals surface area contributed by atoms with Crippen molar-refractivity contribution in [3.8, 4) is 0 Å². The zero-order valence-electron chi connectivity index (χ0n) is 16.5. The number of esters is 1. The van der Waals surface area contributed by atoms with Crippen molar-refractivity contribution in [2.24, 2.45) is 5.92 Å². The highest BCUT2D eigenvalue weighted by molar-refractivity contribution is 7.89. The summed E-state index contributed by atoms with van der Waals surface area (Å²) in [6.07, 6.45) is 1.12. The predicted octanol–water partition coefficient (Wildman–Crippen LogP) is 3.56. The molecule has 1 amide bonds. The van der Waals surface area contributed by atoms with Crippen molar-refractivity contribution in [3.05, 3.63) is 59.1 Å². The van der Waals surface area contributed by atoms with Crippen LogP contribution in [0.3, 0.4) is 0 Å². The Morgan fingerprint density at radius 1 is 1.17 bits per heavy atom. The molecule has 1 N–H and O–H groups in total. The van der Waals surface area contributed by atoms with Crippen LogP contribution in [-0.4, -0.2) is 44.3 Å². The van der Waals surface area contributed by atoms with Crippen LogP contribution >= 0.6 is 11.6 Å². The number of benzene rings is 2. The Balaban J connectivity index is 1.74. The minimum Gasteiger partial charge on any atom is -0.462 e. The molecule has 1 aliphatic heterocycles. The molecule has 2 aromatic rings. The summed E-state index contributed by atoms with van der Waals surface area (Å²) < 4.78 is 32.2. The van der Waals surface area contributed by atoms with Crippen LogP contribution in [-0.2, 0) is 19.6 Å². The second-order valence-corrected chi connectivity index (χ2v) is 9.29. The Morgan fingerprint density at radius 3 is 2.57 bits per heavy atom. The Bertz CT molecular complexity index is 1020. The summed E-state index contributed by atoms with van der Waals surface area (Å²) in [5, 5.41) is 3.21. The van der Waals surface area contributed by atoms with Crippen molar-refractivity contribution < 1.29 is 22.7 Å². The average molecular weight is 451 g/mol.